The van der Waals surface area contributed by atoms with Crippen LogP contribution in [0.1, 0.15) is 37.9 Å². The first-order chi connectivity index (χ1) is 8.15. The standard InChI is InChI=1S/C13H15ClO3/c1-9(15)16-13-4-2-3-12(17-13)10-5-7-11(14)8-6-10/h5-8,12-13H,2-4H2,1H3. The van der Waals surface area contributed by atoms with Crippen molar-refractivity contribution < 1.29 is 14.3 Å². The third-order valence-corrected chi connectivity index (χ3v) is 3.01. The van der Waals surface area contributed by atoms with E-state index in [9.17, 15) is 4.79 Å². The highest BCUT2D eigenvalue weighted by molar-refractivity contribution is 6.30. The molecule has 0 aliphatic carbocycles. The first-order valence-corrected chi connectivity index (χ1v) is 6.11. The smallest absolute Gasteiger partial charge is 0.304 e. The molecule has 92 valence electrons. The van der Waals surface area contributed by atoms with E-state index in [0.717, 1.165) is 24.8 Å². The number of halogens is 1. The van der Waals surface area contributed by atoms with Crippen LogP contribution in [0.2, 0.25) is 5.02 Å². The molecule has 3 nitrogen and oxygen atoms in total. The number of benzene rings is 1. The summed E-state index contributed by atoms with van der Waals surface area (Å²) in [7, 11) is 0. The molecule has 1 aliphatic heterocycles. The molecule has 0 aromatic heterocycles. The minimum atomic E-state index is -0.415. The van der Waals surface area contributed by atoms with Crippen molar-refractivity contribution in [2.45, 2.75) is 38.6 Å². The fourth-order valence-electron chi connectivity index (χ4n) is 1.98. The monoisotopic (exact) mass is 254 g/mol. The van der Waals surface area contributed by atoms with Crippen molar-refractivity contribution in [2.75, 3.05) is 0 Å². The third-order valence-electron chi connectivity index (χ3n) is 2.76. The lowest BCUT2D eigenvalue weighted by Gasteiger charge is -2.29. The Morgan fingerprint density at radius 2 is 2.06 bits per heavy atom. The molecule has 1 aliphatic rings. The summed E-state index contributed by atoms with van der Waals surface area (Å²) >= 11 is 5.84. The van der Waals surface area contributed by atoms with Gasteiger partial charge in [0.1, 0.15) is 0 Å². The first kappa shape index (κ1) is 12.4. The van der Waals surface area contributed by atoms with Crippen LogP contribution < -0.4 is 0 Å². The van der Waals surface area contributed by atoms with E-state index >= 15 is 0 Å². The van der Waals surface area contributed by atoms with Crippen LogP contribution in [0.5, 0.6) is 0 Å². The van der Waals surface area contributed by atoms with E-state index in [1.807, 2.05) is 24.3 Å². The van der Waals surface area contributed by atoms with Crippen molar-refractivity contribution in [3.05, 3.63) is 34.9 Å². The molecule has 2 atom stereocenters. The topological polar surface area (TPSA) is 35.5 Å². The molecule has 1 saturated heterocycles. The summed E-state index contributed by atoms with van der Waals surface area (Å²) in [5.74, 6) is -0.299. The second-order valence-corrected chi connectivity index (χ2v) is 4.58. The maximum Gasteiger partial charge on any atom is 0.304 e. The zero-order valence-electron chi connectivity index (χ0n) is 9.69. The molecule has 0 N–H and O–H groups in total. The molecular weight excluding hydrogens is 240 g/mol. The number of carbonyl (C=O) groups is 1. The molecule has 1 aromatic carbocycles. The number of carbonyl (C=O) groups excluding carboxylic acids is 1. The Labute approximate surface area is 106 Å². The minimum absolute atomic E-state index is 0.00892. The van der Waals surface area contributed by atoms with Gasteiger partial charge in [-0.15, -0.1) is 0 Å². The summed E-state index contributed by atoms with van der Waals surface area (Å²) in [4.78, 5) is 10.9. The molecule has 1 heterocycles. The molecule has 0 spiro atoms. The Hall–Kier alpha value is -1.06. The fourth-order valence-corrected chi connectivity index (χ4v) is 2.11. The van der Waals surface area contributed by atoms with Crippen LogP contribution in [-0.4, -0.2) is 12.3 Å². The van der Waals surface area contributed by atoms with E-state index in [4.69, 9.17) is 21.1 Å². The third kappa shape index (κ3) is 3.45. The van der Waals surface area contributed by atoms with Crippen molar-refractivity contribution in [1.29, 1.82) is 0 Å². The summed E-state index contributed by atoms with van der Waals surface area (Å²) in [6.07, 6.45) is 2.28. The molecule has 17 heavy (non-hydrogen) atoms. The lowest BCUT2D eigenvalue weighted by Crippen LogP contribution is -2.26. The molecule has 0 radical (unpaired) electrons. The van der Waals surface area contributed by atoms with Gasteiger partial charge in [0.2, 0.25) is 6.29 Å². The van der Waals surface area contributed by atoms with Gasteiger partial charge in [-0.2, -0.15) is 0 Å². The highest BCUT2D eigenvalue weighted by Crippen LogP contribution is 2.32. The molecule has 0 amide bonds. The van der Waals surface area contributed by atoms with Crippen molar-refractivity contribution in [1.82, 2.24) is 0 Å². The molecule has 2 rings (SSSR count). The normalized spacial score (nSPS) is 24.4. The van der Waals surface area contributed by atoms with Crippen molar-refractivity contribution in [3.8, 4) is 0 Å². The molecule has 4 heteroatoms. The van der Waals surface area contributed by atoms with Crippen molar-refractivity contribution in [3.63, 3.8) is 0 Å². The van der Waals surface area contributed by atoms with Gasteiger partial charge in [0, 0.05) is 18.4 Å². The lowest BCUT2D eigenvalue weighted by atomic mass is 10.0. The number of ether oxygens (including phenoxy) is 2. The molecule has 0 saturated carbocycles. The lowest BCUT2D eigenvalue weighted by molar-refractivity contribution is -0.201. The van der Waals surface area contributed by atoms with Gasteiger partial charge >= 0.3 is 5.97 Å². The summed E-state index contributed by atoms with van der Waals surface area (Å²) in [5.41, 5.74) is 1.08. The molecule has 1 aromatic rings. The van der Waals surface area contributed by atoms with Crippen LogP contribution in [-0.2, 0) is 14.3 Å². The average Bonchev–Trinajstić information content (AvgIpc) is 2.29. The number of hydrogen-bond acceptors (Lipinski definition) is 3. The Bertz CT molecular complexity index is 388. The van der Waals surface area contributed by atoms with Crippen LogP contribution in [0.15, 0.2) is 24.3 Å². The van der Waals surface area contributed by atoms with Gasteiger partial charge in [-0.25, -0.2) is 0 Å². The highest BCUT2D eigenvalue weighted by atomic mass is 35.5. The van der Waals surface area contributed by atoms with Gasteiger partial charge in [0.05, 0.1) is 6.10 Å². The maximum absolute atomic E-state index is 10.9. The quantitative estimate of drug-likeness (QED) is 0.758. The number of hydrogen-bond donors (Lipinski definition) is 0. The van der Waals surface area contributed by atoms with Crippen LogP contribution in [0.4, 0.5) is 0 Å². The van der Waals surface area contributed by atoms with Gasteiger partial charge in [-0.3, -0.25) is 4.79 Å². The molecule has 1 fully saturated rings. The molecule has 2 unspecified atom stereocenters. The van der Waals surface area contributed by atoms with E-state index < -0.39 is 6.29 Å². The minimum Gasteiger partial charge on any atom is -0.436 e. The van der Waals surface area contributed by atoms with Crippen molar-refractivity contribution in [2.24, 2.45) is 0 Å². The maximum atomic E-state index is 10.9. The summed E-state index contributed by atoms with van der Waals surface area (Å²) in [6, 6.07) is 7.58. The summed E-state index contributed by atoms with van der Waals surface area (Å²) < 4.78 is 10.8. The first-order valence-electron chi connectivity index (χ1n) is 5.73. The van der Waals surface area contributed by atoms with E-state index in [2.05, 4.69) is 0 Å². The number of esters is 1. The summed E-state index contributed by atoms with van der Waals surface area (Å²) in [5, 5.41) is 0.709. The SMILES string of the molecule is CC(=O)OC1CCCC(c2ccc(Cl)cc2)O1. The highest BCUT2D eigenvalue weighted by Gasteiger charge is 2.25. The van der Waals surface area contributed by atoms with Gasteiger partial charge in [0.15, 0.2) is 0 Å². The second kappa shape index (κ2) is 5.52. The van der Waals surface area contributed by atoms with Crippen LogP contribution in [0.3, 0.4) is 0 Å². The Kier molecular flexibility index (Phi) is 4.02. The Morgan fingerprint density at radius 1 is 1.35 bits per heavy atom. The van der Waals surface area contributed by atoms with Gasteiger partial charge < -0.3 is 9.47 Å². The fraction of sp³-hybridized carbons (Fsp3) is 0.462. The zero-order chi connectivity index (χ0) is 12.3. The van der Waals surface area contributed by atoms with Gasteiger partial charge in [0.25, 0.3) is 0 Å². The largest absolute Gasteiger partial charge is 0.436 e. The van der Waals surface area contributed by atoms with Crippen LogP contribution >= 0.6 is 11.6 Å². The molecular formula is C13H15ClO3. The predicted molar refractivity (Wildman–Crippen MR) is 64.7 cm³/mol. The van der Waals surface area contributed by atoms with Gasteiger partial charge in [-0.1, -0.05) is 23.7 Å². The van der Waals surface area contributed by atoms with Gasteiger partial charge in [-0.05, 0) is 30.5 Å². The Morgan fingerprint density at radius 3 is 2.71 bits per heavy atom. The zero-order valence-corrected chi connectivity index (χ0v) is 10.4. The van der Waals surface area contributed by atoms with E-state index in [-0.39, 0.29) is 12.1 Å². The van der Waals surface area contributed by atoms with E-state index in [0.29, 0.717) is 5.02 Å². The molecule has 0 bridgehead atoms. The average molecular weight is 255 g/mol. The second-order valence-electron chi connectivity index (χ2n) is 4.15. The number of rotatable bonds is 2. The Balaban J connectivity index is 2.01. The van der Waals surface area contributed by atoms with E-state index in [1.165, 1.54) is 6.92 Å². The van der Waals surface area contributed by atoms with Crippen molar-refractivity contribution >= 4 is 17.6 Å². The van der Waals surface area contributed by atoms with Crippen LogP contribution in [0.25, 0.3) is 0 Å². The van der Waals surface area contributed by atoms with E-state index in [1.54, 1.807) is 0 Å². The predicted octanol–water partition coefficient (Wildman–Crippen LogP) is 3.47. The van der Waals surface area contributed by atoms with Crippen LogP contribution in [0, 0.1) is 0 Å². The summed E-state index contributed by atoms with van der Waals surface area (Å²) in [6.45, 7) is 1.40.